The zero-order valence-electron chi connectivity index (χ0n) is 10.2. The van der Waals surface area contributed by atoms with Crippen LogP contribution in [0.4, 0.5) is 5.69 Å². The largest absolute Gasteiger partial charge is 0.468 e. The monoisotopic (exact) mass is 278 g/mol. The van der Waals surface area contributed by atoms with E-state index in [9.17, 15) is 10.1 Å². The van der Waals surface area contributed by atoms with Crippen LogP contribution in [0.25, 0.3) is 0 Å². The summed E-state index contributed by atoms with van der Waals surface area (Å²) >= 11 is 1.59. The maximum Gasteiger partial charge on any atom is 0.269 e. The second-order valence-corrected chi connectivity index (χ2v) is 4.97. The molecule has 0 unspecified atom stereocenters. The lowest BCUT2D eigenvalue weighted by Gasteiger charge is -2.07. The first-order valence-electron chi connectivity index (χ1n) is 5.83. The van der Waals surface area contributed by atoms with E-state index < -0.39 is 0 Å². The van der Waals surface area contributed by atoms with Crippen molar-refractivity contribution in [3.63, 3.8) is 0 Å². The minimum absolute atomic E-state index is 0.103. The first-order chi connectivity index (χ1) is 9.20. The predicted octanol–water partition coefficient (Wildman–Crippen LogP) is 2.98. The summed E-state index contributed by atoms with van der Waals surface area (Å²) in [6.45, 7) is 0.468. The third kappa shape index (κ3) is 3.59. The Balaban J connectivity index is 2.16. The summed E-state index contributed by atoms with van der Waals surface area (Å²) in [4.78, 5) is 11.4. The number of hydrogen-bond donors (Lipinski definition) is 1. The molecular weight excluding hydrogens is 264 g/mol. The van der Waals surface area contributed by atoms with Gasteiger partial charge in [-0.1, -0.05) is 0 Å². The molecule has 0 aliphatic rings. The molecule has 1 aromatic heterocycles. The summed E-state index contributed by atoms with van der Waals surface area (Å²) in [6.07, 6.45) is 2.26. The third-order valence-electron chi connectivity index (χ3n) is 2.62. The van der Waals surface area contributed by atoms with E-state index in [1.54, 1.807) is 30.2 Å². The van der Waals surface area contributed by atoms with Gasteiger partial charge in [0.1, 0.15) is 5.76 Å². The fraction of sp³-hybridized carbons (Fsp3) is 0.231. The van der Waals surface area contributed by atoms with Crippen molar-refractivity contribution in [3.05, 3.63) is 58.0 Å². The Labute approximate surface area is 114 Å². The van der Waals surface area contributed by atoms with Crippen molar-refractivity contribution in [2.24, 2.45) is 5.73 Å². The molecule has 2 rings (SSSR count). The average molecular weight is 278 g/mol. The van der Waals surface area contributed by atoms with Gasteiger partial charge in [0.05, 0.1) is 16.9 Å². The number of rotatable bonds is 6. The molecule has 6 heteroatoms. The van der Waals surface area contributed by atoms with E-state index in [-0.39, 0.29) is 10.6 Å². The number of nitro benzene ring substituents is 1. The first-order valence-corrected chi connectivity index (χ1v) is 6.82. The van der Waals surface area contributed by atoms with Gasteiger partial charge in [-0.15, -0.1) is 11.8 Å². The topological polar surface area (TPSA) is 82.3 Å². The van der Waals surface area contributed by atoms with Crippen LogP contribution in [0, 0.1) is 10.1 Å². The van der Waals surface area contributed by atoms with Gasteiger partial charge in [-0.3, -0.25) is 10.1 Å². The lowest BCUT2D eigenvalue weighted by molar-refractivity contribution is -0.385. The Morgan fingerprint density at radius 2 is 2.21 bits per heavy atom. The Hall–Kier alpha value is -1.79. The Morgan fingerprint density at radius 1 is 1.37 bits per heavy atom. The number of nitrogens with zero attached hydrogens (tertiary/aromatic N) is 1. The molecule has 0 radical (unpaired) electrons. The number of furan rings is 1. The van der Waals surface area contributed by atoms with Crippen LogP contribution in [0.1, 0.15) is 11.3 Å². The SMILES string of the molecule is NCCc1cc([N+](=O)[O-])ccc1SCc1ccco1. The molecular formula is C13H14N2O3S. The van der Waals surface area contributed by atoms with Crippen molar-refractivity contribution < 1.29 is 9.34 Å². The molecule has 0 amide bonds. The number of nitrogens with two attached hydrogens (primary N) is 1. The first kappa shape index (κ1) is 13.6. The zero-order chi connectivity index (χ0) is 13.7. The van der Waals surface area contributed by atoms with Crippen LogP contribution in [0.5, 0.6) is 0 Å². The Morgan fingerprint density at radius 3 is 2.84 bits per heavy atom. The summed E-state index contributed by atoms with van der Waals surface area (Å²) in [5.41, 5.74) is 6.56. The van der Waals surface area contributed by atoms with Gasteiger partial charge in [0.15, 0.2) is 0 Å². The lowest BCUT2D eigenvalue weighted by atomic mass is 10.1. The molecule has 0 aliphatic carbocycles. The standard InChI is InChI=1S/C13H14N2O3S/c14-6-5-10-8-11(15(16)17)3-4-13(10)19-9-12-2-1-7-18-12/h1-4,7-8H,5-6,9,14H2. The second kappa shape index (κ2) is 6.40. The smallest absolute Gasteiger partial charge is 0.269 e. The van der Waals surface area contributed by atoms with Gasteiger partial charge in [0.2, 0.25) is 0 Å². The molecule has 0 aliphatic heterocycles. The minimum Gasteiger partial charge on any atom is -0.468 e. The summed E-state index contributed by atoms with van der Waals surface area (Å²) in [5.74, 6) is 1.57. The van der Waals surface area contributed by atoms with Crippen molar-refractivity contribution in [3.8, 4) is 0 Å². The van der Waals surface area contributed by atoms with E-state index in [1.807, 2.05) is 12.1 Å². The van der Waals surface area contributed by atoms with Gasteiger partial charge < -0.3 is 10.2 Å². The molecule has 2 aromatic rings. The molecule has 0 bridgehead atoms. The van der Waals surface area contributed by atoms with Gasteiger partial charge in [-0.05, 0) is 36.7 Å². The fourth-order valence-electron chi connectivity index (χ4n) is 1.71. The Bertz CT molecular complexity index is 555. The molecule has 0 saturated heterocycles. The maximum atomic E-state index is 10.8. The molecule has 0 atom stereocenters. The summed E-state index contributed by atoms with van der Waals surface area (Å²) in [6, 6.07) is 8.63. The molecule has 2 N–H and O–H groups in total. The molecule has 1 heterocycles. The molecule has 1 aromatic carbocycles. The van der Waals surface area contributed by atoms with E-state index in [0.29, 0.717) is 18.7 Å². The van der Waals surface area contributed by atoms with Crippen LogP contribution >= 0.6 is 11.8 Å². The predicted molar refractivity (Wildman–Crippen MR) is 74.1 cm³/mol. The van der Waals surface area contributed by atoms with Crippen molar-refractivity contribution >= 4 is 17.4 Å². The summed E-state index contributed by atoms with van der Waals surface area (Å²) in [7, 11) is 0. The van der Waals surface area contributed by atoms with Crippen LogP contribution in [0.15, 0.2) is 45.9 Å². The van der Waals surface area contributed by atoms with Crippen LogP contribution in [-0.2, 0) is 12.2 Å². The number of hydrogen-bond acceptors (Lipinski definition) is 5. The molecule has 5 nitrogen and oxygen atoms in total. The maximum absolute atomic E-state index is 10.8. The highest BCUT2D eigenvalue weighted by molar-refractivity contribution is 7.98. The minimum atomic E-state index is -0.388. The molecule has 0 fully saturated rings. The highest BCUT2D eigenvalue weighted by Crippen LogP contribution is 2.29. The van der Waals surface area contributed by atoms with E-state index in [1.165, 1.54) is 6.07 Å². The number of thioether (sulfide) groups is 1. The lowest BCUT2D eigenvalue weighted by Crippen LogP contribution is -2.04. The number of non-ortho nitro benzene ring substituents is 1. The highest BCUT2D eigenvalue weighted by atomic mass is 32.2. The molecule has 19 heavy (non-hydrogen) atoms. The quantitative estimate of drug-likeness (QED) is 0.499. The van der Waals surface area contributed by atoms with Gasteiger partial charge in [0.25, 0.3) is 5.69 Å². The van der Waals surface area contributed by atoms with Crippen molar-refractivity contribution in [1.82, 2.24) is 0 Å². The van der Waals surface area contributed by atoms with Gasteiger partial charge in [0, 0.05) is 17.0 Å². The van der Waals surface area contributed by atoms with Crippen LogP contribution in [0.2, 0.25) is 0 Å². The second-order valence-electron chi connectivity index (χ2n) is 3.96. The third-order valence-corrected chi connectivity index (χ3v) is 3.76. The van der Waals surface area contributed by atoms with E-state index in [0.717, 1.165) is 16.2 Å². The summed E-state index contributed by atoms with van der Waals surface area (Å²) < 4.78 is 5.26. The zero-order valence-corrected chi connectivity index (χ0v) is 11.1. The van der Waals surface area contributed by atoms with Crippen LogP contribution in [0.3, 0.4) is 0 Å². The molecule has 0 saturated carbocycles. The number of benzene rings is 1. The fourth-order valence-corrected chi connectivity index (χ4v) is 2.69. The summed E-state index contributed by atoms with van der Waals surface area (Å²) in [5, 5.41) is 10.8. The Kier molecular flexibility index (Phi) is 4.59. The van der Waals surface area contributed by atoms with Crippen LogP contribution in [-0.4, -0.2) is 11.5 Å². The van der Waals surface area contributed by atoms with Gasteiger partial charge in [-0.25, -0.2) is 0 Å². The normalized spacial score (nSPS) is 10.6. The van der Waals surface area contributed by atoms with Crippen molar-refractivity contribution in [1.29, 1.82) is 0 Å². The van der Waals surface area contributed by atoms with E-state index in [2.05, 4.69) is 0 Å². The average Bonchev–Trinajstić information content (AvgIpc) is 2.90. The molecule has 100 valence electrons. The molecule has 0 spiro atoms. The van der Waals surface area contributed by atoms with Crippen molar-refractivity contribution in [2.75, 3.05) is 6.54 Å². The van der Waals surface area contributed by atoms with E-state index in [4.69, 9.17) is 10.2 Å². The number of nitro groups is 1. The van der Waals surface area contributed by atoms with Crippen LogP contribution < -0.4 is 5.73 Å². The highest BCUT2D eigenvalue weighted by Gasteiger charge is 2.11. The van der Waals surface area contributed by atoms with Gasteiger partial charge in [-0.2, -0.15) is 0 Å². The van der Waals surface area contributed by atoms with Gasteiger partial charge >= 0.3 is 0 Å². The van der Waals surface area contributed by atoms with E-state index >= 15 is 0 Å². The van der Waals surface area contributed by atoms with Crippen molar-refractivity contribution in [2.45, 2.75) is 17.1 Å².